The Balaban J connectivity index is 2.09. The minimum Gasteiger partial charge on any atom is -0.494 e. The molecule has 0 spiro atoms. The third-order valence-electron chi connectivity index (χ3n) is 4.55. The molecule has 0 unspecified atom stereocenters. The van der Waals surface area contributed by atoms with Crippen molar-refractivity contribution >= 4 is 28.7 Å². The lowest BCUT2D eigenvalue weighted by atomic mass is 10.0. The molecule has 0 atom stereocenters. The Kier molecular flexibility index (Phi) is 4.46. The van der Waals surface area contributed by atoms with Gasteiger partial charge in [-0.1, -0.05) is 18.2 Å². The molecule has 2 aromatic rings. The van der Waals surface area contributed by atoms with Crippen LogP contribution < -0.4 is 0 Å². The second kappa shape index (κ2) is 6.57. The van der Waals surface area contributed by atoms with Crippen LogP contribution in [0.4, 0.5) is 0 Å². The fourth-order valence-electron chi connectivity index (χ4n) is 3.24. The lowest BCUT2D eigenvalue weighted by Gasteiger charge is -2.03. The molecule has 0 radical (unpaired) electrons. The number of rotatable bonds is 5. The van der Waals surface area contributed by atoms with Crippen molar-refractivity contribution in [1.29, 1.82) is 0 Å². The molecule has 1 aromatic carbocycles. The van der Waals surface area contributed by atoms with Gasteiger partial charge in [-0.25, -0.2) is 0 Å². The molecule has 2 heterocycles. The molecule has 1 aromatic heterocycles. The number of aliphatic hydroxyl groups is 1. The highest BCUT2D eigenvalue weighted by molar-refractivity contribution is 6.05. The number of allylic oxidation sites excluding steroid dienone is 2. The van der Waals surface area contributed by atoms with Crippen LogP contribution in [-0.2, 0) is 11.5 Å². The van der Waals surface area contributed by atoms with Crippen LogP contribution in [0.15, 0.2) is 46.1 Å². The van der Waals surface area contributed by atoms with E-state index in [0.29, 0.717) is 17.7 Å². The van der Waals surface area contributed by atoms with Gasteiger partial charge < -0.3 is 15.3 Å². The first kappa shape index (κ1) is 17.0. The Morgan fingerprint density at radius 1 is 1.28 bits per heavy atom. The number of fused-ring (bicyclic) bond motifs is 1. The van der Waals surface area contributed by atoms with E-state index in [9.17, 15) is 15.0 Å². The van der Waals surface area contributed by atoms with Gasteiger partial charge in [-0.15, -0.1) is 0 Å². The molecule has 6 nitrogen and oxygen atoms in total. The molecular weight excluding hydrogens is 320 g/mol. The van der Waals surface area contributed by atoms with Gasteiger partial charge >= 0.3 is 5.97 Å². The summed E-state index contributed by atoms with van der Waals surface area (Å²) in [5, 5.41) is 29.7. The molecule has 0 amide bonds. The van der Waals surface area contributed by atoms with Crippen LogP contribution in [0.25, 0.3) is 17.0 Å². The lowest BCUT2D eigenvalue weighted by molar-refractivity contribution is -0.136. The minimum atomic E-state index is -0.839. The van der Waals surface area contributed by atoms with Crippen molar-refractivity contribution in [2.24, 2.45) is 4.99 Å². The first-order valence-electron chi connectivity index (χ1n) is 8.04. The Hall–Kier alpha value is -2.86. The van der Waals surface area contributed by atoms with Crippen LogP contribution in [0.1, 0.15) is 32.3 Å². The number of aromatic nitrogens is 1. The summed E-state index contributed by atoms with van der Waals surface area (Å²) >= 11 is 0. The fourth-order valence-corrected chi connectivity index (χ4v) is 3.24. The van der Waals surface area contributed by atoms with Crippen LogP contribution in [-0.4, -0.2) is 31.6 Å². The molecule has 0 bridgehead atoms. The Morgan fingerprint density at radius 3 is 2.68 bits per heavy atom. The van der Waals surface area contributed by atoms with Crippen molar-refractivity contribution in [1.82, 2.24) is 4.57 Å². The van der Waals surface area contributed by atoms with E-state index >= 15 is 0 Å². The number of hydrogen-bond donors (Lipinski definition) is 3. The average Bonchev–Trinajstić information content (AvgIpc) is 3.00. The van der Waals surface area contributed by atoms with E-state index in [-0.39, 0.29) is 19.0 Å². The maximum Gasteiger partial charge on any atom is 0.303 e. The van der Waals surface area contributed by atoms with E-state index in [2.05, 4.69) is 4.99 Å². The number of para-hydroxylation sites is 1. The topological polar surface area (TPSA) is 95.0 Å². The summed E-state index contributed by atoms with van der Waals surface area (Å²) in [4.78, 5) is 15.4. The number of carbonyl (C=O) groups is 1. The summed E-state index contributed by atoms with van der Waals surface area (Å²) in [6.07, 6.45) is 2.27. The number of aliphatic imine (C=N–C) groups is 1. The second-order valence-corrected chi connectivity index (χ2v) is 6.05. The SMILES string of the molecule is CC1=N/C(=C\c2c(O)n(CO)c3ccccc23)C(C)=C1CCC(=O)O. The zero-order chi connectivity index (χ0) is 18.1. The summed E-state index contributed by atoms with van der Waals surface area (Å²) in [7, 11) is 0. The summed E-state index contributed by atoms with van der Waals surface area (Å²) in [5.74, 6) is -0.856. The molecule has 3 rings (SSSR count). The number of benzene rings is 1. The van der Waals surface area contributed by atoms with Gasteiger partial charge in [-0.2, -0.15) is 0 Å². The number of aliphatic carboxylic acids is 1. The van der Waals surface area contributed by atoms with Crippen LogP contribution in [0.3, 0.4) is 0 Å². The predicted molar refractivity (Wildman–Crippen MR) is 96.5 cm³/mol. The van der Waals surface area contributed by atoms with Gasteiger partial charge in [0.15, 0.2) is 0 Å². The van der Waals surface area contributed by atoms with Crippen molar-refractivity contribution < 1.29 is 20.1 Å². The maximum atomic E-state index is 10.8. The smallest absolute Gasteiger partial charge is 0.303 e. The van der Waals surface area contributed by atoms with E-state index in [1.807, 2.05) is 38.1 Å². The number of carboxylic acid groups (broad SMARTS) is 1. The summed E-state index contributed by atoms with van der Waals surface area (Å²) < 4.78 is 1.43. The zero-order valence-electron chi connectivity index (χ0n) is 14.2. The highest BCUT2D eigenvalue weighted by Crippen LogP contribution is 2.36. The molecule has 130 valence electrons. The largest absolute Gasteiger partial charge is 0.494 e. The molecule has 1 aliphatic rings. The Labute approximate surface area is 145 Å². The third-order valence-corrected chi connectivity index (χ3v) is 4.55. The van der Waals surface area contributed by atoms with Crippen LogP contribution in [0, 0.1) is 0 Å². The third kappa shape index (κ3) is 2.96. The first-order chi connectivity index (χ1) is 11.9. The first-order valence-corrected chi connectivity index (χ1v) is 8.04. The average molecular weight is 340 g/mol. The normalized spacial score (nSPS) is 16.1. The Bertz CT molecular complexity index is 948. The van der Waals surface area contributed by atoms with Gasteiger partial charge in [-0.05, 0) is 43.6 Å². The molecule has 1 aliphatic heterocycles. The van der Waals surface area contributed by atoms with Crippen LogP contribution in [0.5, 0.6) is 5.88 Å². The highest BCUT2D eigenvalue weighted by Gasteiger charge is 2.21. The maximum absolute atomic E-state index is 10.8. The van der Waals surface area contributed by atoms with Crippen LogP contribution >= 0.6 is 0 Å². The summed E-state index contributed by atoms with van der Waals surface area (Å²) in [5.41, 5.74) is 4.68. The van der Waals surface area contributed by atoms with Crippen molar-refractivity contribution in [2.75, 3.05) is 0 Å². The highest BCUT2D eigenvalue weighted by atomic mass is 16.4. The molecule has 0 saturated carbocycles. The van der Waals surface area contributed by atoms with E-state index in [1.54, 1.807) is 6.08 Å². The quantitative estimate of drug-likeness (QED) is 0.778. The molecule has 0 fully saturated rings. The molecule has 6 heteroatoms. The summed E-state index contributed by atoms with van der Waals surface area (Å²) in [6, 6.07) is 7.43. The van der Waals surface area contributed by atoms with E-state index < -0.39 is 5.97 Å². The van der Waals surface area contributed by atoms with Gasteiger partial charge in [0.25, 0.3) is 0 Å². The lowest BCUT2D eigenvalue weighted by Crippen LogP contribution is -2.00. The van der Waals surface area contributed by atoms with Crippen molar-refractivity contribution in [3.63, 3.8) is 0 Å². The number of nitrogens with zero attached hydrogens (tertiary/aromatic N) is 2. The zero-order valence-corrected chi connectivity index (χ0v) is 14.2. The number of aromatic hydroxyl groups is 1. The van der Waals surface area contributed by atoms with Gasteiger partial charge in [0.05, 0.1) is 11.2 Å². The second-order valence-electron chi connectivity index (χ2n) is 6.05. The molecule has 25 heavy (non-hydrogen) atoms. The minimum absolute atomic E-state index is 0.0177. The molecule has 0 aliphatic carbocycles. The van der Waals surface area contributed by atoms with Gasteiger partial charge in [0.2, 0.25) is 5.88 Å². The fraction of sp³-hybridized carbons (Fsp3) is 0.263. The molecule has 0 saturated heterocycles. The molecule has 3 N–H and O–H groups in total. The van der Waals surface area contributed by atoms with Crippen molar-refractivity contribution in [2.45, 2.75) is 33.4 Å². The van der Waals surface area contributed by atoms with Gasteiger partial charge in [0, 0.05) is 23.1 Å². The number of hydrogen-bond acceptors (Lipinski definition) is 4. The predicted octanol–water partition coefficient (Wildman–Crippen LogP) is 3.29. The van der Waals surface area contributed by atoms with Gasteiger partial charge in [-0.3, -0.25) is 14.4 Å². The standard InChI is InChI=1S/C19H20N2O4/c1-11-13(7-8-18(23)24)12(2)20-16(11)9-15-14-5-3-4-6-17(14)21(10-22)19(15)25/h3-6,9,22,25H,7-8,10H2,1-2H3,(H,23,24)/b16-9-. The number of carboxylic acids is 1. The summed E-state index contributed by atoms with van der Waals surface area (Å²) in [6.45, 7) is 3.44. The van der Waals surface area contributed by atoms with Crippen molar-refractivity contribution in [3.8, 4) is 5.88 Å². The number of aliphatic hydroxyl groups excluding tert-OH is 1. The molecular formula is C19H20N2O4. The van der Waals surface area contributed by atoms with E-state index in [4.69, 9.17) is 5.11 Å². The van der Waals surface area contributed by atoms with Gasteiger partial charge in [0.1, 0.15) is 6.73 Å². The van der Waals surface area contributed by atoms with E-state index in [1.165, 1.54) is 4.57 Å². The van der Waals surface area contributed by atoms with Crippen LogP contribution in [0.2, 0.25) is 0 Å². The van der Waals surface area contributed by atoms with Crippen molar-refractivity contribution in [3.05, 3.63) is 46.7 Å². The van der Waals surface area contributed by atoms with E-state index in [0.717, 1.165) is 27.8 Å². The Morgan fingerprint density at radius 2 is 2.00 bits per heavy atom. The monoisotopic (exact) mass is 340 g/mol.